The topological polar surface area (TPSA) is 71.4 Å². The van der Waals surface area contributed by atoms with E-state index >= 15 is 0 Å². The van der Waals surface area contributed by atoms with Crippen LogP contribution in [0.1, 0.15) is 12.8 Å². The Balaban J connectivity index is 3.60. The molecule has 0 atom stereocenters. The Morgan fingerprint density at radius 1 is 1.20 bits per heavy atom. The van der Waals surface area contributed by atoms with Crippen LogP contribution in [0.5, 0.6) is 0 Å². The number of Topliss-reactive ketones (excluding diaryl/α,β-unsaturated/α-hetero) is 1. The number of rotatable bonds is 4. The van der Waals surface area contributed by atoms with Crippen molar-refractivity contribution in [2.24, 2.45) is 0 Å². The third-order valence-corrected chi connectivity index (χ3v) is 1.03. The fourth-order valence-corrected chi connectivity index (χ4v) is 0.439. The lowest BCUT2D eigenvalue weighted by Gasteiger charge is -1.89. The van der Waals surface area contributed by atoms with Crippen LogP contribution in [0.25, 0.3) is 0 Å². The summed E-state index contributed by atoms with van der Waals surface area (Å²) in [4.78, 5) is 30.2. The highest BCUT2D eigenvalue weighted by molar-refractivity contribution is 7.96. The van der Waals surface area contributed by atoms with E-state index in [1.807, 2.05) is 0 Å². The first kappa shape index (κ1) is 9.16. The molecule has 0 radical (unpaired) electrons. The Labute approximate surface area is 62.6 Å². The van der Waals surface area contributed by atoms with Crippen molar-refractivity contribution in [2.45, 2.75) is 12.8 Å². The lowest BCUT2D eigenvalue weighted by atomic mass is 10.2. The monoisotopic (exact) mass is 162 g/mol. The van der Waals surface area contributed by atoms with E-state index in [9.17, 15) is 14.4 Å². The molecular weight excluding hydrogens is 156 g/mol. The standard InChI is InChI=1S/C5H6O4S/c6-3(5(8)9)1-2-4(7)10/h1-2H2,(H,7,10)(H,8,9). The minimum Gasteiger partial charge on any atom is -0.476 e. The summed E-state index contributed by atoms with van der Waals surface area (Å²) >= 11 is 3.36. The number of aliphatic carboxylic acids is 1. The molecule has 0 saturated carbocycles. The predicted octanol–water partition coefficient (Wildman–Crippen LogP) is -0.123. The fourth-order valence-electron chi connectivity index (χ4n) is 0.327. The molecule has 0 saturated heterocycles. The summed E-state index contributed by atoms with van der Waals surface area (Å²) in [5.74, 6) is -2.46. The molecule has 0 spiro atoms. The number of hydrogen-bond donors (Lipinski definition) is 2. The maximum Gasteiger partial charge on any atom is 0.372 e. The summed E-state index contributed by atoms with van der Waals surface area (Å²) in [5.41, 5.74) is 0. The fraction of sp³-hybridized carbons (Fsp3) is 0.400. The normalized spacial score (nSPS) is 8.90. The maximum atomic E-state index is 10.3. The van der Waals surface area contributed by atoms with Gasteiger partial charge < -0.3 is 5.11 Å². The van der Waals surface area contributed by atoms with Crippen LogP contribution in [-0.4, -0.2) is 22.0 Å². The zero-order valence-electron chi connectivity index (χ0n) is 5.03. The lowest BCUT2D eigenvalue weighted by molar-refractivity contribution is -0.149. The van der Waals surface area contributed by atoms with Gasteiger partial charge in [0, 0.05) is 12.8 Å². The molecule has 0 bridgehead atoms. The molecule has 4 nitrogen and oxygen atoms in total. The molecule has 0 heterocycles. The molecule has 0 aromatic heterocycles. The van der Waals surface area contributed by atoms with E-state index in [2.05, 4.69) is 12.6 Å². The van der Waals surface area contributed by atoms with E-state index in [1.54, 1.807) is 0 Å². The van der Waals surface area contributed by atoms with Gasteiger partial charge in [-0.05, 0) is 0 Å². The van der Waals surface area contributed by atoms with E-state index in [0.29, 0.717) is 0 Å². The molecule has 0 rings (SSSR count). The van der Waals surface area contributed by atoms with Gasteiger partial charge in [0.25, 0.3) is 0 Å². The largest absolute Gasteiger partial charge is 0.476 e. The second kappa shape index (κ2) is 4.05. The van der Waals surface area contributed by atoms with Crippen molar-refractivity contribution in [2.75, 3.05) is 0 Å². The molecule has 0 aromatic carbocycles. The average Bonchev–Trinajstić information content (AvgIpc) is 1.82. The Morgan fingerprint density at radius 2 is 1.70 bits per heavy atom. The molecule has 0 amide bonds. The van der Waals surface area contributed by atoms with Gasteiger partial charge in [0.1, 0.15) is 0 Å². The van der Waals surface area contributed by atoms with Gasteiger partial charge in [0.05, 0.1) is 0 Å². The Morgan fingerprint density at radius 3 is 2.00 bits per heavy atom. The molecule has 56 valence electrons. The molecule has 0 aliphatic carbocycles. The van der Waals surface area contributed by atoms with Crippen molar-refractivity contribution in [1.29, 1.82) is 0 Å². The second-order valence-corrected chi connectivity index (χ2v) is 2.12. The van der Waals surface area contributed by atoms with Crippen LogP contribution in [0.15, 0.2) is 0 Å². The molecule has 0 aromatic rings. The third-order valence-electron chi connectivity index (χ3n) is 0.804. The van der Waals surface area contributed by atoms with Crippen LogP contribution in [0.3, 0.4) is 0 Å². The molecule has 1 N–H and O–H groups in total. The number of hydrogen-bond acceptors (Lipinski definition) is 3. The Bertz CT molecular complexity index is 174. The SMILES string of the molecule is O=C(S)CCC(=O)C(=O)O. The zero-order valence-corrected chi connectivity index (χ0v) is 5.93. The summed E-state index contributed by atoms with van der Waals surface area (Å²) in [5, 5.41) is 7.53. The van der Waals surface area contributed by atoms with Gasteiger partial charge >= 0.3 is 5.97 Å². The van der Waals surface area contributed by atoms with Gasteiger partial charge in [0.15, 0.2) is 5.12 Å². The summed E-state index contributed by atoms with van der Waals surface area (Å²) in [6.45, 7) is 0. The van der Waals surface area contributed by atoms with E-state index in [4.69, 9.17) is 5.11 Å². The summed E-state index contributed by atoms with van der Waals surface area (Å²) in [6.07, 6.45) is -0.383. The molecule has 10 heavy (non-hydrogen) atoms. The minimum absolute atomic E-state index is 0.117. The minimum atomic E-state index is -1.51. The number of carboxylic acid groups (broad SMARTS) is 1. The summed E-state index contributed by atoms with van der Waals surface area (Å²) < 4.78 is 0. The second-order valence-electron chi connectivity index (χ2n) is 1.62. The highest BCUT2D eigenvalue weighted by Gasteiger charge is 2.11. The number of carbonyl (C=O) groups excluding carboxylic acids is 2. The van der Waals surface area contributed by atoms with Gasteiger partial charge in [0.2, 0.25) is 5.78 Å². The van der Waals surface area contributed by atoms with Crippen LogP contribution in [0.4, 0.5) is 0 Å². The molecule has 0 aliphatic heterocycles. The van der Waals surface area contributed by atoms with Crippen LogP contribution in [-0.2, 0) is 14.4 Å². The number of ketones is 1. The highest BCUT2D eigenvalue weighted by Crippen LogP contribution is 1.94. The van der Waals surface area contributed by atoms with Gasteiger partial charge in [-0.3, -0.25) is 9.59 Å². The number of thiol groups is 1. The first-order chi connectivity index (χ1) is 4.54. The predicted molar refractivity (Wildman–Crippen MR) is 35.9 cm³/mol. The third kappa shape index (κ3) is 4.08. The van der Waals surface area contributed by atoms with Gasteiger partial charge in [-0.1, -0.05) is 0 Å². The first-order valence-electron chi connectivity index (χ1n) is 2.52. The smallest absolute Gasteiger partial charge is 0.372 e. The average molecular weight is 162 g/mol. The Kier molecular flexibility index (Phi) is 3.71. The van der Waals surface area contributed by atoms with Crippen LogP contribution in [0, 0.1) is 0 Å². The van der Waals surface area contributed by atoms with Gasteiger partial charge in [-0.2, -0.15) is 0 Å². The Hall–Kier alpha value is -0.840. The van der Waals surface area contributed by atoms with E-state index < -0.39 is 16.9 Å². The van der Waals surface area contributed by atoms with Crippen molar-refractivity contribution in [3.63, 3.8) is 0 Å². The molecule has 5 heteroatoms. The van der Waals surface area contributed by atoms with Crippen molar-refractivity contribution in [3.05, 3.63) is 0 Å². The maximum absolute atomic E-state index is 10.3. The first-order valence-corrected chi connectivity index (χ1v) is 2.96. The van der Waals surface area contributed by atoms with Crippen molar-refractivity contribution in [3.8, 4) is 0 Å². The molecule has 0 unspecified atom stereocenters. The van der Waals surface area contributed by atoms with Crippen LogP contribution in [0.2, 0.25) is 0 Å². The highest BCUT2D eigenvalue weighted by atomic mass is 32.1. The number of carbonyl (C=O) groups is 3. The summed E-state index contributed by atoms with van der Waals surface area (Å²) in [7, 11) is 0. The van der Waals surface area contributed by atoms with E-state index in [0.717, 1.165) is 0 Å². The quantitative estimate of drug-likeness (QED) is 0.446. The van der Waals surface area contributed by atoms with Crippen molar-refractivity contribution >= 4 is 29.5 Å². The summed E-state index contributed by atoms with van der Waals surface area (Å²) in [6, 6.07) is 0. The number of carboxylic acids is 1. The molecular formula is C5H6O4S. The van der Waals surface area contributed by atoms with Crippen LogP contribution >= 0.6 is 12.6 Å². The van der Waals surface area contributed by atoms with E-state index in [1.165, 1.54) is 0 Å². The lowest BCUT2D eigenvalue weighted by Crippen LogP contribution is -2.12. The van der Waals surface area contributed by atoms with Gasteiger partial charge in [-0.25, -0.2) is 4.79 Å². The zero-order chi connectivity index (χ0) is 8.15. The van der Waals surface area contributed by atoms with Crippen molar-refractivity contribution < 1.29 is 19.5 Å². The van der Waals surface area contributed by atoms with Crippen LogP contribution < -0.4 is 0 Å². The molecule has 0 aliphatic rings. The molecule has 0 fully saturated rings. The van der Waals surface area contributed by atoms with Gasteiger partial charge in [-0.15, -0.1) is 12.6 Å². The van der Waals surface area contributed by atoms with Crippen molar-refractivity contribution in [1.82, 2.24) is 0 Å². The van der Waals surface area contributed by atoms with E-state index in [-0.39, 0.29) is 12.8 Å².